The van der Waals surface area contributed by atoms with Gasteiger partial charge in [-0.1, -0.05) is 6.07 Å². The van der Waals surface area contributed by atoms with Crippen molar-refractivity contribution in [1.29, 1.82) is 5.26 Å². The Labute approximate surface area is 119 Å². The molecule has 0 amide bonds. The third kappa shape index (κ3) is 2.79. The molecule has 0 aliphatic rings. The molecule has 90 valence electrons. The van der Waals surface area contributed by atoms with Crippen molar-refractivity contribution >= 4 is 34.0 Å². The molecule has 0 fully saturated rings. The molecular formula is C14H10FIN2. The van der Waals surface area contributed by atoms with Crippen molar-refractivity contribution in [3.63, 3.8) is 0 Å². The second-order valence-electron chi connectivity index (χ2n) is 3.91. The molecule has 0 aliphatic carbocycles. The molecule has 0 bridgehead atoms. The van der Waals surface area contributed by atoms with Crippen LogP contribution in [-0.4, -0.2) is 0 Å². The number of nitrogens with zero attached hydrogens (tertiary/aromatic N) is 1. The summed E-state index contributed by atoms with van der Waals surface area (Å²) in [6, 6.07) is 12.2. The highest BCUT2D eigenvalue weighted by molar-refractivity contribution is 14.1. The van der Waals surface area contributed by atoms with Gasteiger partial charge in [-0.2, -0.15) is 5.26 Å². The summed E-state index contributed by atoms with van der Waals surface area (Å²) in [5.74, 6) is -0.269. The first-order chi connectivity index (χ1) is 8.60. The summed E-state index contributed by atoms with van der Waals surface area (Å²) in [4.78, 5) is 0. The van der Waals surface area contributed by atoms with E-state index in [1.54, 1.807) is 12.1 Å². The van der Waals surface area contributed by atoms with Crippen molar-refractivity contribution < 1.29 is 4.39 Å². The highest BCUT2D eigenvalue weighted by atomic mass is 127. The number of hydrogen-bond donors (Lipinski definition) is 1. The Morgan fingerprint density at radius 3 is 2.61 bits per heavy atom. The molecule has 1 N–H and O–H groups in total. The van der Waals surface area contributed by atoms with Crippen LogP contribution >= 0.6 is 22.6 Å². The van der Waals surface area contributed by atoms with Crippen LogP contribution in [0.1, 0.15) is 11.1 Å². The van der Waals surface area contributed by atoms with E-state index in [4.69, 9.17) is 5.26 Å². The second kappa shape index (κ2) is 5.36. The normalized spacial score (nSPS) is 9.89. The van der Waals surface area contributed by atoms with E-state index in [0.717, 1.165) is 20.5 Å². The largest absolute Gasteiger partial charge is 0.354 e. The number of nitriles is 1. The predicted molar refractivity (Wildman–Crippen MR) is 78.3 cm³/mol. The number of anilines is 2. The van der Waals surface area contributed by atoms with Crippen molar-refractivity contribution in [2.75, 3.05) is 5.32 Å². The summed E-state index contributed by atoms with van der Waals surface area (Å²) in [7, 11) is 0. The van der Waals surface area contributed by atoms with E-state index < -0.39 is 0 Å². The Bertz CT molecular complexity index is 632. The number of hydrogen-bond acceptors (Lipinski definition) is 2. The Hall–Kier alpha value is -1.61. The molecule has 2 aromatic carbocycles. The SMILES string of the molecule is Cc1ccc(C#N)c(Nc2ccc(F)cc2I)c1. The third-order valence-electron chi connectivity index (χ3n) is 2.50. The van der Waals surface area contributed by atoms with Crippen LogP contribution in [0.2, 0.25) is 0 Å². The van der Waals surface area contributed by atoms with Crippen molar-refractivity contribution in [2.24, 2.45) is 0 Å². The molecule has 0 aromatic heterocycles. The third-order valence-corrected chi connectivity index (χ3v) is 3.39. The van der Waals surface area contributed by atoms with Gasteiger partial charge >= 0.3 is 0 Å². The van der Waals surface area contributed by atoms with Crippen LogP contribution in [0.5, 0.6) is 0 Å². The van der Waals surface area contributed by atoms with Gasteiger partial charge in [0.1, 0.15) is 11.9 Å². The maximum Gasteiger partial charge on any atom is 0.124 e. The van der Waals surface area contributed by atoms with Gasteiger partial charge in [-0.25, -0.2) is 4.39 Å². The summed E-state index contributed by atoms with van der Waals surface area (Å²) in [6.45, 7) is 1.96. The topological polar surface area (TPSA) is 35.8 Å². The first kappa shape index (κ1) is 12.8. The highest BCUT2D eigenvalue weighted by Crippen LogP contribution is 2.26. The van der Waals surface area contributed by atoms with E-state index in [-0.39, 0.29) is 5.82 Å². The minimum Gasteiger partial charge on any atom is -0.354 e. The first-order valence-corrected chi connectivity index (χ1v) is 6.41. The van der Waals surface area contributed by atoms with Gasteiger partial charge < -0.3 is 5.32 Å². The summed E-state index contributed by atoms with van der Waals surface area (Å²) >= 11 is 2.06. The number of nitrogens with one attached hydrogen (secondary N) is 1. The molecule has 0 saturated carbocycles. The molecule has 0 radical (unpaired) electrons. The summed E-state index contributed by atoms with van der Waals surface area (Å²) in [5.41, 5.74) is 3.16. The van der Waals surface area contributed by atoms with Gasteiger partial charge in [0, 0.05) is 3.57 Å². The van der Waals surface area contributed by atoms with Crippen LogP contribution in [0, 0.1) is 27.6 Å². The minimum atomic E-state index is -0.269. The smallest absolute Gasteiger partial charge is 0.124 e. The fourth-order valence-electron chi connectivity index (χ4n) is 1.59. The predicted octanol–water partition coefficient (Wildman–Crippen LogP) is 4.35. The van der Waals surface area contributed by atoms with E-state index in [1.165, 1.54) is 12.1 Å². The lowest BCUT2D eigenvalue weighted by Crippen LogP contribution is -1.96. The Morgan fingerprint density at radius 2 is 1.94 bits per heavy atom. The van der Waals surface area contributed by atoms with E-state index in [9.17, 15) is 4.39 Å². The fraction of sp³-hybridized carbons (Fsp3) is 0.0714. The van der Waals surface area contributed by atoms with Crippen molar-refractivity contribution in [2.45, 2.75) is 6.92 Å². The average molecular weight is 352 g/mol. The van der Waals surface area contributed by atoms with Crippen LogP contribution in [0.4, 0.5) is 15.8 Å². The van der Waals surface area contributed by atoms with Crippen LogP contribution in [0.3, 0.4) is 0 Å². The first-order valence-electron chi connectivity index (χ1n) is 5.33. The zero-order valence-electron chi connectivity index (χ0n) is 9.67. The fourth-order valence-corrected chi connectivity index (χ4v) is 2.21. The van der Waals surface area contributed by atoms with Gasteiger partial charge in [-0.15, -0.1) is 0 Å². The molecule has 0 aliphatic heterocycles. The average Bonchev–Trinajstić information content (AvgIpc) is 2.33. The van der Waals surface area contributed by atoms with Gasteiger partial charge in [0.15, 0.2) is 0 Å². The summed E-state index contributed by atoms with van der Waals surface area (Å²) in [6.07, 6.45) is 0. The van der Waals surface area contributed by atoms with Crippen LogP contribution in [0.15, 0.2) is 36.4 Å². The molecule has 0 heterocycles. The number of aryl methyl sites for hydroxylation is 1. The Kier molecular flexibility index (Phi) is 3.82. The molecule has 2 nitrogen and oxygen atoms in total. The van der Waals surface area contributed by atoms with Crippen molar-refractivity contribution in [3.8, 4) is 6.07 Å². The van der Waals surface area contributed by atoms with Gasteiger partial charge in [0.2, 0.25) is 0 Å². The van der Waals surface area contributed by atoms with E-state index in [0.29, 0.717) is 5.56 Å². The zero-order valence-corrected chi connectivity index (χ0v) is 11.8. The van der Waals surface area contributed by atoms with Gasteiger partial charge in [0.05, 0.1) is 16.9 Å². The second-order valence-corrected chi connectivity index (χ2v) is 5.07. The lowest BCUT2D eigenvalue weighted by molar-refractivity contribution is 0.627. The van der Waals surface area contributed by atoms with Crippen LogP contribution in [0.25, 0.3) is 0 Å². The molecule has 2 aromatic rings. The summed E-state index contributed by atoms with van der Waals surface area (Å²) < 4.78 is 13.8. The number of benzene rings is 2. The molecule has 0 atom stereocenters. The Morgan fingerprint density at radius 1 is 1.17 bits per heavy atom. The molecule has 0 unspecified atom stereocenters. The molecule has 0 saturated heterocycles. The van der Waals surface area contributed by atoms with E-state index >= 15 is 0 Å². The lowest BCUT2D eigenvalue weighted by Gasteiger charge is -2.11. The number of halogens is 2. The van der Waals surface area contributed by atoms with Gasteiger partial charge in [-0.05, 0) is 65.4 Å². The molecule has 18 heavy (non-hydrogen) atoms. The molecule has 2 rings (SSSR count). The van der Waals surface area contributed by atoms with E-state index in [1.807, 2.05) is 19.1 Å². The van der Waals surface area contributed by atoms with Crippen molar-refractivity contribution in [1.82, 2.24) is 0 Å². The molecular weight excluding hydrogens is 342 g/mol. The van der Waals surface area contributed by atoms with Gasteiger partial charge in [0.25, 0.3) is 0 Å². The Balaban J connectivity index is 2.40. The van der Waals surface area contributed by atoms with Gasteiger partial charge in [-0.3, -0.25) is 0 Å². The molecule has 4 heteroatoms. The minimum absolute atomic E-state index is 0.269. The maximum atomic E-state index is 13.0. The monoisotopic (exact) mass is 352 g/mol. The van der Waals surface area contributed by atoms with Crippen LogP contribution < -0.4 is 5.32 Å². The molecule has 0 spiro atoms. The van der Waals surface area contributed by atoms with Crippen LogP contribution in [-0.2, 0) is 0 Å². The maximum absolute atomic E-state index is 13.0. The lowest BCUT2D eigenvalue weighted by atomic mass is 10.1. The zero-order chi connectivity index (χ0) is 13.1. The number of rotatable bonds is 2. The van der Waals surface area contributed by atoms with E-state index in [2.05, 4.69) is 34.0 Å². The standard InChI is InChI=1S/C14H10FIN2/c1-9-2-3-10(8-17)14(6-9)18-13-5-4-11(15)7-12(13)16/h2-7,18H,1H3. The van der Waals surface area contributed by atoms with Crippen molar-refractivity contribution in [3.05, 3.63) is 56.9 Å². The summed E-state index contributed by atoms with van der Waals surface area (Å²) in [5, 5.41) is 12.2. The quantitative estimate of drug-likeness (QED) is 0.816. The highest BCUT2D eigenvalue weighted by Gasteiger charge is 2.06.